The molecule has 2 unspecified atom stereocenters. The lowest BCUT2D eigenvalue weighted by Gasteiger charge is -2.20. The Morgan fingerprint density at radius 2 is 2.21 bits per heavy atom. The predicted molar refractivity (Wildman–Crippen MR) is 80.6 cm³/mol. The molecule has 1 fully saturated rings. The van der Waals surface area contributed by atoms with Gasteiger partial charge in [-0.15, -0.1) is 0 Å². The molecule has 0 radical (unpaired) electrons. The Labute approximate surface area is 117 Å². The van der Waals surface area contributed by atoms with Crippen LogP contribution in [0.3, 0.4) is 0 Å². The van der Waals surface area contributed by atoms with Crippen molar-refractivity contribution in [2.75, 3.05) is 13.2 Å². The molecule has 0 saturated carbocycles. The van der Waals surface area contributed by atoms with E-state index in [2.05, 4.69) is 43.4 Å². The molecule has 0 bridgehead atoms. The Bertz CT molecular complexity index is 371. The Hall–Kier alpha value is -0.860. The topological polar surface area (TPSA) is 21.3 Å². The number of aryl methyl sites for hydroxylation is 1. The molecule has 2 atom stereocenters. The Kier molecular flexibility index (Phi) is 5.87. The summed E-state index contributed by atoms with van der Waals surface area (Å²) in [4.78, 5) is 0. The molecule has 1 aromatic carbocycles. The number of hydrogen-bond donors (Lipinski definition) is 1. The molecule has 0 aromatic heterocycles. The maximum atomic E-state index is 5.73. The molecule has 1 heterocycles. The second kappa shape index (κ2) is 7.66. The van der Waals surface area contributed by atoms with E-state index in [-0.39, 0.29) is 0 Å². The van der Waals surface area contributed by atoms with Crippen molar-refractivity contribution in [3.63, 3.8) is 0 Å². The fourth-order valence-electron chi connectivity index (χ4n) is 2.93. The molecule has 0 aliphatic carbocycles. The summed E-state index contributed by atoms with van der Waals surface area (Å²) in [5.41, 5.74) is 2.88. The van der Waals surface area contributed by atoms with Crippen LogP contribution in [0.4, 0.5) is 0 Å². The first-order valence-electron chi connectivity index (χ1n) is 7.69. The monoisotopic (exact) mass is 261 g/mol. The van der Waals surface area contributed by atoms with Gasteiger partial charge in [0, 0.05) is 12.6 Å². The summed E-state index contributed by atoms with van der Waals surface area (Å²) in [7, 11) is 0. The van der Waals surface area contributed by atoms with Crippen LogP contribution < -0.4 is 5.32 Å². The molecule has 2 nitrogen and oxygen atoms in total. The second-order valence-electron chi connectivity index (χ2n) is 5.60. The first-order valence-corrected chi connectivity index (χ1v) is 7.69. The lowest BCUT2D eigenvalue weighted by Crippen LogP contribution is -2.32. The van der Waals surface area contributed by atoms with Crippen molar-refractivity contribution in [2.45, 2.75) is 58.1 Å². The third kappa shape index (κ3) is 4.63. The molecular weight excluding hydrogens is 234 g/mol. The third-order valence-corrected chi connectivity index (χ3v) is 4.08. The number of rotatable bonds is 7. The predicted octanol–water partition coefficient (Wildman–Crippen LogP) is 3.47. The number of hydrogen-bond acceptors (Lipinski definition) is 2. The van der Waals surface area contributed by atoms with E-state index in [1.165, 1.54) is 36.8 Å². The minimum Gasteiger partial charge on any atom is -0.378 e. The highest BCUT2D eigenvalue weighted by molar-refractivity contribution is 5.26. The zero-order valence-corrected chi connectivity index (χ0v) is 12.3. The highest BCUT2D eigenvalue weighted by Crippen LogP contribution is 2.19. The largest absolute Gasteiger partial charge is 0.378 e. The van der Waals surface area contributed by atoms with E-state index in [4.69, 9.17) is 4.74 Å². The zero-order valence-electron chi connectivity index (χ0n) is 12.3. The van der Waals surface area contributed by atoms with Crippen LogP contribution in [-0.2, 0) is 11.2 Å². The molecule has 0 spiro atoms. The summed E-state index contributed by atoms with van der Waals surface area (Å²) in [5, 5.41) is 3.63. The lowest BCUT2D eigenvalue weighted by atomic mass is 9.96. The SMILES string of the molecule is CCNC(CCC1CCCO1)Cc1ccccc1C. The van der Waals surface area contributed by atoms with Gasteiger partial charge in [0.15, 0.2) is 0 Å². The second-order valence-corrected chi connectivity index (χ2v) is 5.60. The maximum absolute atomic E-state index is 5.73. The number of likely N-dealkylation sites (N-methyl/N-ethyl adjacent to an activating group) is 1. The Balaban J connectivity index is 1.86. The van der Waals surface area contributed by atoms with Crippen molar-refractivity contribution in [3.05, 3.63) is 35.4 Å². The minimum absolute atomic E-state index is 0.512. The van der Waals surface area contributed by atoms with Gasteiger partial charge in [-0.05, 0) is 56.7 Å². The average Bonchev–Trinajstić information content (AvgIpc) is 2.92. The van der Waals surface area contributed by atoms with Crippen LogP contribution in [0.15, 0.2) is 24.3 Å². The van der Waals surface area contributed by atoms with Gasteiger partial charge in [-0.3, -0.25) is 0 Å². The highest BCUT2D eigenvalue weighted by Gasteiger charge is 2.18. The van der Waals surface area contributed by atoms with Crippen molar-refractivity contribution in [3.8, 4) is 0 Å². The maximum Gasteiger partial charge on any atom is 0.0576 e. The quantitative estimate of drug-likeness (QED) is 0.811. The molecule has 1 saturated heterocycles. The van der Waals surface area contributed by atoms with Crippen molar-refractivity contribution >= 4 is 0 Å². The van der Waals surface area contributed by atoms with Crippen LogP contribution in [0, 0.1) is 6.92 Å². The van der Waals surface area contributed by atoms with E-state index in [0.29, 0.717) is 12.1 Å². The fraction of sp³-hybridized carbons (Fsp3) is 0.647. The van der Waals surface area contributed by atoms with Gasteiger partial charge in [0.1, 0.15) is 0 Å². The van der Waals surface area contributed by atoms with Crippen LogP contribution >= 0.6 is 0 Å². The standard InChI is InChI=1S/C17H27NO/c1-3-18-16(10-11-17-9-6-12-19-17)13-15-8-5-4-7-14(15)2/h4-5,7-8,16-18H,3,6,9-13H2,1-2H3. The Morgan fingerprint density at radius 3 is 2.89 bits per heavy atom. The van der Waals surface area contributed by atoms with Gasteiger partial charge in [-0.25, -0.2) is 0 Å². The van der Waals surface area contributed by atoms with Gasteiger partial charge < -0.3 is 10.1 Å². The van der Waals surface area contributed by atoms with Gasteiger partial charge in [-0.2, -0.15) is 0 Å². The van der Waals surface area contributed by atoms with Gasteiger partial charge >= 0.3 is 0 Å². The molecule has 1 N–H and O–H groups in total. The molecule has 1 aromatic rings. The first kappa shape index (κ1) is 14.5. The smallest absolute Gasteiger partial charge is 0.0576 e. The molecule has 0 amide bonds. The summed E-state index contributed by atoms with van der Waals surface area (Å²) < 4.78 is 5.73. The number of ether oxygens (including phenoxy) is 1. The van der Waals surface area contributed by atoms with Gasteiger partial charge in [0.2, 0.25) is 0 Å². The average molecular weight is 261 g/mol. The van der Waals surface area contributed by atoms with E-state index >= 15 is 0 Å². The van der Waals surface area contributed by atoms with E-state index in [9.17, 15) is 0 Å². The molecule has 19 heavy (non-hydrogen) atoms. The van der Waals surface area contributed by atoms with E-state index < -0.39 is 0 Å². The summed E-state index contributed by atoms with van der Waals surface area (Å²) >= 11 is 0. The van der Waals surface area contributed by atoms with Crippen molar-refractivity contribution in [2.24, 2.45) is 0 Å². The lowest BCUT2D eigenvalue weighted by molar-refractivity contribution is 0.0996. The van der Waals surface area contributed by atoms with E-state index in [0.717, 1.165) is 19.6 Å². The first-order chi connectivity index (χ1) is 9.29. The van der Waals surface area contributed by atoms with Crippen LogP contribution in [0.1, 0.15) is 43.7 Å². The summed E-state index contributed by atoms with van der Waals surface area (Å²) in [6, 6.07) is 9.30. The Morgan fingerprint density at radius 1 is 1.37 bits per heavy atom. The molecule has 1 aliphatic heterocycles. The summed E-state index contributed by atoms with van der Waals surface area (Å²) in [6.07, 6.45) is 6.55. The molecule has 1 aliphatic rings. The van der Waals surface area contributed by atoms with Gasteiger partial charge in [0.05, 0.1) is 6.10 Å². The molecule has 106 valence electrons. The number of benzene rings is 1. The van der Waals surface area contributed by atoms with Crippen molar-refractivity contribution in [1.29, 1.82) is 0 Å². The number of nitrogens with one attached hydrogen (secondary N) is 1. The van der Waals surface area contributed by atoms with E-state index in [1.807, 2.05) is 0 Å². The molecule has 2 heteroatoms. The zero-order chi connectivity index (χ0) is 13.5. The normalized spacial score (nSPS) is 20.6. The van der Waals surface area contributed by atoms with Gasteiger partial charge in [0.25, 0.3) is 0 Å². The third-order valence-electron chi connectivity index (χ3n) is 4.08. The summed E-state index contributed by atoms with van der Waals surface area (Å²) in [5.74, 6) is 0. The highest BCUT2D eigenvalue weighted by atomic mass is 16.5. The van der Waals surface area contributed by atoms with Crippen LogP contribution in [0.5, 0.6) is 0 Å². The molecule has 2 rings (SSSR count). The van der Waals surface area contributed by atoms with Crippen molar-refractivity contribution < 1.29 is 4.74 Å². The van der Waals surface area contributed by atoms with Gasteiger partial charge in [-0.1, -0.05) is 31.2 Å². The van der Waals surface area contributed by atoms with Crippen LogP contribution in [0.2, 0.25) is 0 Å². The van der Waals surface area contributed by atoms with Crippen molar-refractivity contribution in [1.82, 2.24) is 5.32 Å². The van der Waals surface area contributed by atoms with E-state index in [1.54, 1.807) is 0 Å². The molecular formula is C17H27NO. The van der Waals surface area contributed by atoms with Crippen LogP contribution in [0.25, 0.3) is 0 Å². The summed E-state index contributed by atoms with van der Waals surface area (Å²) in [6.45, 7) is 6.41. The van der Waals surface area contributed by atoms with Crippen LogP contribution in [-0.4, -0.2) is 25.3 Å². The fourth-order valence-corrected chi connectivity index (χ4v) is 2.93. The minimum atomic E-state index is 0.512.